The van der Waals surface area contributed by atoms with Gasteiger partial charge in [-0.1, -0.05) is 20.3 Å². The molecule has 1 nitrogen and oxygen atoms in total. The molecule has 1 aliphatic carbocycles. The third kappa shape index (κ3) is 1.11. The average molecular weight is 127 g/mol. The zero-order valence-corrected chi connectivity index (χ0v) is 6.65. The van der Waals surface area contributed by atoms with Gasteiger partial charge >= 0.3 is 0 Å². The van der Waals surface area contributed by atoms with Gasteiger partial charge in [-0.15, -0.1) is 0 Å². The summed E-state index contributed by atoms with van der Waals surface area (Å²) in [6.07, 6.45) is 2.72. The van der Waals surface area contributed by atoms with Crippen molar-refractivity contribution in [3.05, 3.63) is 0 Å². The molecule has 1 rings (SSSR count). The Morgan fingerprint density at radius 3 is 2.44 bits per heavy atom. The van der Waals surface area contributed by atoms with Crippen LogP contribution < -0.4 is 5.32 Å². The van der Waals surface area contributed by atoms with Crippen molar-refractivity contribution >= 4 is 0 Å². The molecule has 0 aliphatic heterocycles. The monoisotopic (exact) mass is 127 g/mol. The Labute approximate surface area is 57.8 Å². The molecule has 0 aromatic carbocycles. The van der Waals surface area contributed by atoms with Crippen LogP contribution in [0.5, 0.6) is 0 Å². The first-order chi connectivity index (χ1) is 4.29. The normalized spacial score (nSPS) is 42.3. The molecule has 3 atom stereocenters. The highest BCUT2D eigenvalue weighted by molar-refractivity contribution is 4.89. The second-order valence-electron chi connectivity index (χ2n) is 3.18. The predicted molar refractivity (Wildman–Crippen MR) is 40.4 cm³/mol. The standard InChI is InChI=1S/C8H17N/c1-4-7-6(2)5-8(7)9-3/h6-9H,4-5H2,1-3H3. The molecule has 0 aromatic heterocycles. The average Bonchev–Trinajstić information content (AvgIpc) is 1.83. The lowest BCUT2D eigenvalue weighted by Crippen LogP contribution is -2.47. The Bertz CT molecular complexity index is 90.6. The minimum Gasteiger partial charge on any atom is -0.317 e. The Balaban J connectivity index is 2.29. The van der Waals surface area contributed by atoms with Crippen molar-refractivity contribution in [2.75, 3.05) is 7.05 Å². The predicted octanol–water partition coefficient (Wildman–Crippen LogP) is 1.64. The van der Waals surface area contributed by atoms with Crippen molar-refractivity contribution in [2.45, 2.75) is 32.7 Å². The highest BCUT2D eigenvalue weighted by atomic mass is 14.9. The molecule has 54 valence electrons. The molecular formula is C8H17N. The Kier molecular flexibility index (Phi) is 2.12. The highest BCUT2D eigenvalue weighted by Gasteiger charge is 2.34. The topological polar surface area (TPSA) is 12.0 Å². The van der Waals surface area contributed by atoms with Crippen LogP contribution in [0.4, 0.5) is 0 Å². The fourth-order valence-electron chi connectivity index (χ4n) is 1.97. The summed E-state index contributed by atoms with van der Waals surface area (Å²) >= 11 is 0. The van der Waals surface area contributed by atoms with Gasteiger partial charge in [-0.2, -0.15) is 0 Å². The van der Waals surface area contributed by atoms with Gasteiger partial charge in [0.05, 0.1) is 0 Å². The van der Waals surface area contributed by atoms with Crippen molar-refractivity contribution in [3.63, 3.8) is 0 Å². The molecular weight excluding hydrogens is 110 g/mol. The smallest absolute Gasteiger partial charge is 0.00974 e. The molecule has 1 aliphatic rings. The molecule has 1 fully saturated rings. The summed E-state index contributed by atoms with van der Waals surface area (Å²) in [5.41, 5.74) is 0. The largest absolute Gasteiger partial charge is 0.317 e. The Morgan fingerprint density at radius 2 is 2.22 bits per heavy atom. The summed E-state index contributed by atoms with van der Waals surface area (Å²) in [7, 11) is 2.07. The molecule has 1 heteroatoms. The van der Waals surface area contributed by atoms with Crippen molar-refractivity contribution in [1.29, 1.82) is 0 Å². The van der Waals surface area contributed by atoms with E-state index in [-0.39, 0.29) is 0 Å². The van der Waals surface area contributed by atoms with E-state index < -0.39 is 0 Å². The summed E-state index contributed by atoms with van der Waals surface area (Å²) in [6.45, 7) is 4.63. The first-order valence-electron chi connectivity index (χ1n) is 3.96. The summed E-state index contributed by atoms with van der Waals surface area (Å²) in [5.74, 6) is 1.92. The first-order valence-corrected chi connectivity index (χ1v) is 3.96. The van der Waals surface area contributed by atoms with Crippen LogP contribution in [0.3, 0.4) is 0 Å². The third-order valence-electron chi connectivity index (χ3n) is 2.72. The maximum absolute atomic E-state index is 3.33. The minimum absolute atomic E-state index is 0.824. The summed E-state index contributed by atoms with van der Waals surface area (Å²) < 4.78 is 0. The van der Waals surface area contributed by atoms with Gasteiger partial charge in [0.2, 0.25) is 0 Å². The summed E-state index contributed by atoms with van der Waals surface area (Å²) in [6, 6.07) is 0.824. The minimum atomic E-state index is 0.824. The van der Waals surface area contributed by atoms with E-state index >= 15 is 0 Å². The maximum atomic E-state index is 3.33. The van der Waals surface area contributed by atoms with Crippen LogP contribution in [0.25, 0.3) is 0 Å². The van der Waals surface area contributed by atoms with Gasteiger partial charge in [-0.3, -0.25) is 0 Å². The van der Waals surface area contributed by atoms with Gasteiger partial charge in [0.15, 0.2) is 0 Å². The zero-order valence-electron chi connectivity index (χ0n) is 6.65. The van der Waals surface area contributed by atoms with Gasteiger partial charge in [0, 0.05) is 6.04 Å². The summed E-state index contributed by atoms with van der Waals surface area (Å²) in [4.78, 5) is 0. The number of hydrogen-bond acceptors (Lipinski definition) is 1. The van der Waals surface area contributed by atoms with Crippen molar-refractivity contribution in [1.82, 2.24) is 5.32 Å². The van der Waals surface area contributed by atoms with E-state index in [9.17, 15) is 0 Å². The Hall–Kier alpha value is -0.0400. The van der Waals surface area contributed by atoms with E-state index in [1.807, 2.05) is 0 Å². The van der Waals surface area contributed by atoms with Gasteiger partial charge < -0.3 is 5.32 Å². The molecule has 9 heavy (non-hydrogen) atoms. The van der Waals surface area contributed by atoms with Crippen LogP contribution in [0.2, 0.25) is 0 Å². The van der Waals surface area contributed by atoms with Crippen LogP contribution in [-0.2, 0) is 0 Å². The first kappa shape index (κ1) is 7.07. The van der Waals surface area contributed by atoms with E-state index in [0.717, 1.165) is 17.9 Å². The van der Waals surface area contributed by atoms with Gasteiger partial charge in [0.1, 0.15) is 0 Å². The number of rotatable bonds is 2. The molecule has 0 saturated heterocycles. The fourth-order valence-corrected chi connectivity index (χ4v) is 1.97. The van der Waals surface area contributed by atoms with E-state index in [4.69, 9.17) is 0 Å². The molecule has 1 saturated carbocycles. The Morgan fingerprint density at radius 1 is 1.56 bits per heavy atom. The molecule has 0 bridgehead atoms. The molecule has 0 aromatic rings. The SMILES string of the molecule is CCC1C(C)CC1NC. The lowest BCUT2D eigenvalue weighted by atomic mass is 9.69. The van der Waals surface area contributed by atoms with Gasteiger partial charge in [-0.25, -0.2) is 0 Å². The number of nitrogens with one attached hydrogen (secondary N) is 1. The molecule has 0 heterocycles. The second-order valence-corrected chi connectivity index (χ2v) is 3.18. The van der Waals surface area contributed by atoms with Crippen LogP contribution in [-0.4, -0.2) is 13.1 Å². The van der Waals surface area contributed by atoms with Crippen LogP contribution in [0.15, 0.2) is 0 Å². The number of hydrogen-bond donors (Lipinski definition) is 1. The highest BCUT2D eigenvalue weighted by Crippen LogP contribution is 2.35. The van der Waals surface area contributed by atoms with Crippen molar-refractivity contribution in [2.24, 2.45) is 11.8 Å². The van der Waals surface area contributed by atoms with E-state index in [2.05, 4.69) is 26.2 Å². The van der Waals surface area contributed by atoms with Crippen molar-refractivity contribution < 1.29 is 0 Å². The quantitative estimate of drug-likeness (QED) is 0.594. The molecule has 1 N–H and O–H groups in total. The van der Waals surface area contributed by atoms with E-state index in [1.165, 1.54) is 12.8 Å². The maximum Gasteiger partial charge on any atom is 0.00974 e. The third-order valence-corrected chi connectivity index (χ3v) is 2.72. The second kappa shape index (κ2) is 2.70. The van der Waals surface area contributed by atoms with Gasteiger partial charge in [-0.05, 0) is 25.3 Å². The molecule has 3 unspecified atom stereocenters. The lowest BCUT2D eigenvalue weighted by Gasteiger charge is -2.42. The molecule has 0 spiro atoms. The van der Waals surface area contributed by atoms with Crippen molar-refractivity contribution in [3.8, 4) is 0 Å². The van der Waals surface area contributed by atoms with Gasteiger partial charge in [0.25, 0.3) is 0 Å². The van der Waals surface area contributed by atoms with Crippen LogP contribution in [0.1, 0.15) is 26.7 Å². The molecule has 0 radical (unpaired) electrons. The van der Waals surface area contributed by atoms with E-state index in [0.29, 0.717) is 0 Å². The summed E-state index contributed by atoms with van der Waals surface area (Å²) in [5, 5.41) is 3.33. The van der Waals surface area contributed by atoms with E-state index in [1.54, 1.807) is 0 Å². The fraction of sp³-hybridized carbons (Fsp3) is 1.00. The van der Waals surface area contributed by atoms with Crippen LogP contribution in [0, 0.1) is 11.8 Å². The van der Waals surface area contributed by atoms with Crippen LogP contribution >= 0.6 is 0 Å². The zero-order chi connectivity index (χ0) is 6.85. The lowest BCUT2D eigenvalue weighted by molar-refractivity contribution is 0.123. The molecule has 0 amide bonds.